The third-order valence-corrected chi connectivity index (χ3v) is 6.43. The van der Waals surface area contributed by atoms with Crippen LogP contribution in [0.2, 0.25) is 5.02 Å². The molecule has 3 aromatic rings. The van der Waals surface area contributed by atoms with Gasteiger partial charge in [0.25, 0.3) is 0 Å². The molecule has 8 nitrogen and oxygen atoms in total. The second kappa shape index (κ2) is 8.38. The maximum Gasteiger partial charge on any atom is 0.326 e. The van der Waals surface area contributed by atoms with Crippen LogP contribution in [0.1, 0.15) is 18.5 Å². The highest BCUT2D eigenvalue weighted by Crippen LogP contribution is 2.40. The maximum atomic E-state index is 14.2. The van der Waals surface area contributed by atoms with Crippen molar-refractivity contribution < 1.29 is 9.13 Å². The molecule has 0 spiro atoms. The van der Waals surface area contributed by atoms with E-state index in [4.69, 9.17) is 16.3 Å². The van der Waals surface area contributed by atoms with E-state index >= 15 is 0 Å². The molecule has 1 aliphatic heterocycles. The number of nitrogens with zero attached hydrogens (tertiary/aromatic N) is 6. The number of rotatable bonds is 6. The molecule has 2 fully saturated rings. The van der Waals surface area contributed by atoms with Crippen molar-refractivity contribution in [1.82, 2.24) is 24.7 Å². The molecule has 1 aromatic carbocycles. The lowest BCUT2D eigenvalue weighted by atomic mass is 9.92. The van der Waals surface area contributed by atoms with Crippen molar-refractivity contribution in [1.29, 1.82) is 0 Å². The summed E-state index contributed by atoms with van der Waals surface area (Å²) in [5.74, 6) is 1.61. The smallest absolute Gasteiger partial charge is 0.326 e. The van der Waals surface area contributed by atoms with Crippen LogP contribution in [-0.4, -0.2) is 43.9 Å². The van der Waals surface area contributed by atoms with Crippen LogP contribution in [0.3, 0.4) is 0 Å². The van der Waals surface area contributed by atoms with Gasteiger partial charge in [-0.3, -0.25) is 0 Å². The van der Waals surface area contributed by atoms with Crippen LogP contribution in [0, 0.1) is 24.6 Å². The average molecular weight is 456 g/mol. The van der Waals surface area contributed by atoms with Crippen molar-refractivity contribution in [3.8, 4) is 11.8 Å². The second-order valence-electron chi connectivity index (χ2n) is 8.19. The van der Waals surface area contributed by atoms with E-state index in [1.165, 1.54) is 23.0 Å². The summed E-state index contributed by atoms with van der Waals surface area (Å²) in [5, 5.41) is 7.88. The van der Waals surface area contributed by atoms with E-state index in [0.717, 1.165) is 37.4 Å². The van der Waals surface area contributed by atoms with Gasteiger partial charge in [-0.05, 0) is 43.7 Å². The van der Waals surface area contributed by atoms with E-state index in [1.54, 1.807) is 12.4 Å². The standard InChI is InChI=1S/C22H23ClFN7O/c1-3-31-22(32-17-6-4-5-16(23)19(17)24)28-21(29-31)27-20-14-7-8-15(20)11-30(10-14)18-9-13(2)25-12-26-18/h3-6,9,12,14-15,20H,1,7-8,10-11H2,2H3,(H,27,29)/t14-,15+,20-. The molecule has 3 heterocycles. The van der Waals surface area contributed by atoms with E-state index in [1.807, 2.05) is 13.0 Å². The molecule has 0 unspecified atom stereocenters. The lowest BCUT2D eigenvalue weighted by Gasteiger charge is -2.38. The predicted molar refractivity (Wildman–Crippen MR) is 120 cm³/mol. The number of halogens is 2. The molecule has 2 aliphatic rings. The topological polar surface area (TPSA) is 81.0 Å². The summed E-state index contributed by atoms with van der Waals surface area (Å²) >= 11 is 5.85. The van der Waals surface area contributed by atoms with Gasteiger partial charge in [0.05, 0.1) is 5.02 Å². The fraction of sp³-hybridized carbons (Fsp3) is 0.364. The van der Waals surface area contributed by atoms with E-state index in [0.29, 0.717) is 17.8 Å². The van der Waals surface area contributed by atoms with Gasteiger partial charge in [0, 0.05) is 37.1 Å². The van der Waals surface area contributed by atoms with Crippen LogP contribution in [-0.2, 0) is 0 Å². The Morgan fingerprint density at radius 1 is 1.25 bits per heavy atom. The van der Waals surface area contributed by atoms with Gasteiger partial charge in [-0.2, -0.15) is 9.67 Å². The van der Waals surface area contributed by atoms with Gasteiger partial charge in [-0.1, -0.05) is 24.2 Å². The number of fused-ring (bicyclic) bond motifs is 2. The molecular weight excluding hydrogens is 433 g/mol. The highest BCUT2D eigenvalue weighted by Gasteiger charge is 2.43. The molecule has 2 bridgehead atoms. The summed E-state index contributed by atoms with van der Waals surface area (Å²) in [6, 6.07) is 6.94. The van der Waals surface area contributed by atoms with Crippen LogP contribution in [0.25, 0.3) is 6.20 Å². The number of anilines is 2. The van der Waals surface area contributed by atoms with Crippen molar-refractivity contribution in [2.24, 2.45) is 11.8 Å². The lowest BCUT2D eigenvalue weighted by Crippen LogP contribution is -2.48. The van der Waals surface area contributed by atoms with E-state index in [9.17, 15) is 4.39 Å². The fourth-order valence-electron chi connectivity index (χ4n) is 4.63. The molecule has 1 aliphatic carbocycles. The maximum absolute atomic E-state index is 14.2. The van der Waals surface area contributed by atoms with Crippen molar-refractivity contribution in [2.45, 2.75) is 25.8 Å². The lowest BCUT2D eigenvalue weighted by molar-refractivity contribution is 0.374. The third kappa shape index (κ3) is 3.88. The molecule has 166 valence electrons. The van der Waals surface area contributed by atoms with Gasteiger partial charge in [0.1, 0.15) is 12.1 Å². The van der Waals surface area contributed by atoms with Crippen LogP contribution >= 0.6 is 11.6 Å². The first-order valence-corrected chi connectivity index (χ1v) is 10.9. The first kappa shape index (κ1) is 20.7. The summed E-state index contributed by atoms with van der Waals surface area (Å²) in [4.78, 5) is 15.4. The molecule has 1 saturated carbocycles. The van der Waals surface area contributed by atoms with E-state index < -0.39 is 5.82 Å². The predicted octanol–water partition coefficient (Wildman–Crippen LogP) is 4.39. The Kier molecular flexibility index (Phi) is 5.42. The van der Waals surface area contributed by atoms with Crippen LogP contribution < -0.4 is 15.0 Å². The minimum atomic E-state index is -0.646. The normalized spacial score (nSPS) is 22.1. The first-order valence-electron chi connectivity index (χ1n) is 10.5. The minimum absolute atomic E-state index is 0.0203. The van der Waals surface area contributed by atoms with Crippen molar-refractivity contribution in [3.63, 3.8) is 0 Å². The van der Waals surface area contributed by atoms with E-state index in [-0.39, 0.29) is 22.8 Å². The molecule has 2 aromatic heterocycles. The summed E-state index contributed by atoms with van der Waals surface area (Å²) in [7, 11) is 0. The second-order valence-corrected chi connectivity index (χ2v) is 8.60. The van der Waals surface area contributed by atoms with Gasteiger partial charge in [0.15, 0.2) is 11.6 Å². The molecule has 1 N–H and O–H groups in total. The van der Waals surface area contributed by atoms with Crippen molar-refractivity contribution in [3.05, 3.63) is 53.7 Å². The zero-order chi connectivity index (χ0) is 22.2. The van der Waals surface area contributed by atoms with E-state index in [2.05, 4.69) is 36.8 Å². The number of hydrogen-bond donors (Lipinski definition) is 1. The fourth-order valence-corrected chi connectivity index (χ4v) is 4.79. The summed E-state index contributed by atoms with van der Waals surface area (Å²) in [5.41, 5.74) is 0.963. The number of hydrogen-bond acceptors (Lipinski definition) is 7. The van der Waals surface area contributed by atoms with Crippen LogP contribution in [0.4, 0.5) is 16.2 Å². The van der Waals surface area contributed by atoms with Gasteiger partial charge in [-0.25, -0.2) is 14.4 Å². The van der Waals surface area contributed by atoms with Crippen LogP contribution in [0.15, 0.2) is 37.2 Å². The summed E-state index contributed by atoms with van der Waals surface area (Å²) < 4.78 is 21.3. The number of benzene rings is 1. The Hall–Kier alpha value is -3.20. The van der Waals surface area contributed by atoms with Gasteiger partial charge in [-0.15, -0.1) is 5.10 Å². The number of aryl methyl sites for hydroxylation is 1. The minimum Gasteiger partial charge on any atom is -0.421 e. The molecular formula is C22H23ClFN7O. The highest BCUT2D eigenvalue weighted by atomic mass is 35.5. The van der Waals surface area contributed by atoms with Crippen molar-refractivity contribution >= 4 is 29.6 Å². The zero-order valence-corrected chi connectivity index (χ0v) is 18.3. The number of piperidine rings is 1. The Balaban J connectivity index is 1.32. The van der Waals surface area contributed by atoms with Gasteiger partial charge in [0.2, 0.25) is 5.95 Å². The molecule has 5 rings (SSSR count). The Labute approximate surface area is 190 Å². The highest BCUT2D eigenvalue weighted by molar-refractivity contribution is 6.30. The first-order chi connectivity index (χ1) is 15.5. The average Bonchev–Trinajstić information content (AvgIpc) is 3.26. The molecule has 10 heteroatoms. The summed E-state index contributed by atoms with van der Waals surface area (Å²) in [6.07, 6.45) is 5.34. The number of nitrogens with one attached hydrogen (secondary N) is 1. The quantitative estimate of drug-likeness (QED) is 0.590. The largest absolute Gasteiger partial charge is 0.421 e. The number of aromatic nitrogens is 5. The molecule has 0 amide bonds. The van der Waals surface area contributed by atoms with Crippen molar-refractivity contribution in [2.75, 3.05) is 23.3 Å². The SMILES string of the molecule is C=Cn1nc(N[C@@H]2[C@@H]3CC[C@H]2CN(c2cc(C)ncn2)C3)nc1Oc1cccc(Cl)c1F. The van der Waals surface area contributed by atoms with Gasteiger partial charge >= 0.3 is 6.01 Å². The monoisotopic (exact) mass is 455 g/mol. The molecule has 0 radical (unpaired) electrons. The number of ether oxygens (including phenoxy) is 1. The summed E-state index contributed by atoms with van der Waals surface area (Å²) in [6.45, 7) is 7.53. The molecule has 1 saturated heterocycles. The Bertz CT molecular complexity index is 1140. The third-order valence-electron chi connectivity index (χ3n) is 6.13. The Morgan fingerprint density at radius 2 is 2.03 bits per heavy atom. The molecule has 3 atom stereocenters. The Morgan fingerprint density at radius 3 is 2.75 bits per heavy atom. The molecule has 32 heavy (non-hydrogen) atoms. The zero-order valence-electron chi connectivity index (χ0n) is 17.6. The van der Waals surface area contributed by atoms with Gasteiger partial charge < -0.3 is 15.0 Å². The van der Waals surface area contributed by atoms with Crippen LogP contribution in [0.5, 0.6) is 11.8 Å².